The maximum absolute atomic E-state index is 16.0. The summed E-state index contributed by atoms with van der Waals surface area (Å²) in [5, 5.41) is 21.8. The van der Waals surface area contributed by atoms with E-state index in [1.54, 1.807) is 47.5 Å². The molecule has 0 spiro atoms. The van der Waals surface area contributed by atoms with Crippen molar-refractivity contribution in [2.75, 3.05) is 38.6 Å². The summed E-state index contributed by atoms with van der Waals surface area (Å²) in [5.41, 5.74) is 0.615. The zero-order valence-corrected chi connectivity index (χ0v) is 29.4. The molecule has 278 valence electrons. The van der Waals surface area contributed by atoms with Crippen molar-refractivity contribution in [1.29, 1.82) is 0 Å². The molecule has 2 fully saturated rings. The summed E-state index contributed by atoms with van der Waals surface area (Å²) in [6.07, 6.45) is 0.0267. The van der Waals surface area contributed by atoms with Gasteiger partial charge in [-0.3, -0.25) is 24.4 Å². The summed E-state index contributed by atoms with van der Waals surface area (Å²) >= 11 is 6.69. The van der Waals surface area contributed by atoms with Gasteiger partial charge in [0.15, 0.2) is 0 Å². The van der Waals surface area contributed by atoms with Gasteiger partial charge in [-0.1, -0.05) is 60.2 Å². The number of methoxy groups -OCH3 is 1. The van der Waals surface area contributed by atoms with E-state index in [9.17, 15) is 33.0 Å². The van der Waals surface area contributed by atoms with E-state index in [1.165, 1.54) is 37.5 Å². The van der Waals surface area contributed by atoms with Crippen LogP contribution < -0.4 is 10.1 Å². The number of nitrogens with zero attached hydrogens (tertiary/aromatic N) is 3. The number of pyridine rings is 1. The second kappa shape index (κ2) is 16.0. The standard InChI is InChI=1S/C39H37ClF4N4O5/c1-53-34-17-25(31(39(42,43)44)16-27(34)21-48-14-12-26(20-48)38(51)52)10-9-24-4-2-6-30(36(24)41)29-5-3-7-32(35(29)40)46-37(50)33-11-8-23(18-45-33)19-47-15-13-28(49)22-47/h2-11,16-18,26,28,49H,12-15,19-22H2,1H3,(H,46,50)(H,51,52)/b10-9+/t26-,28-/m1/s1. The summed E-state index contributed by atoms with van der Waals surface area (Å²) in [5.74, 6) is -2.62. The first-order valence-corrected chi connectivity index (χ1v) is 17.3. The van der Waals surface area contributed by atoms with Crippen molar-refractivity contribution in [3.63, 3.8) is 0 Å². The largest absolute Gasteiger partial charge is 0.496 e. The van der Waals surface area contributed by atoms with Crippen LogP contribution in [0.3, 0.4) is 0 Å². The molecule has 0 saturated carbocycles. The number of ether oxygens (including phenoxy) is 1. The predicted molar refractivity (Wildman–Crippen MR) is 193 cm³/mol. The molecule has 2 atom stereocenters. The Morgan fingerprint density at radius 3 is 2.36 bits per heavy atom. The van der Waals surface area contributed by atoms with E-state index in [-0.39, 0.29) is 69.2 Å². The number of likely N-dealkylation sites (tertiary alicyclic amines) is 2. The monoisotopic (exact) mass is 752 g/mol. The zero-order valence-electron chi connectivity index (χ0n) is 28.7. The van der Waals surface area contributed by atoms with Gasteiger partial charge in [0.25, 0.3) is 5.91 Å². The molecule has 53 heavy (non-hydrogen) atoms. The number of halogens is 5. The Morgan fingerprint density at radius 2 is 1.70 bits per heavy atom. The second-order valence-corrected chi connectivity index (χ2v) is 13.6. The summed E-state index contributed by atoms with van der Waals surface area (Å²) in [6.45, 7) is 2.67. The number of nitrogens with one attached hydrogen (secondary N) is 1. The van der Waals surface area contributed by atoms with Gasteiger partial charge in [-0.2, -0.15) is 13.2 Å². The number of alkyl halides is 3. The van der Waals surface area contributed by atoms with E-state index >= 15 is 4.39 Å². The van der Waals surface area contributed by atoms with Crippen LogP contribution in [0.25, 0.3) is 23.3 Å². The summed E-state index contributed by atoms with van der Waals surface area (Å²) in [7, 11) is 1.34. The van der Waals surface area contributed by atoms with Crippen LogP contribution in [0.2, 0.25) is 5.02 Å². The van der Waals surface area contributed by atoms with Crippen molar-refractivity contribution in [3.8, 4) is 16.9 Å². The highest BCUT2D eigenvalue weighted by Gasteiger charge is 2.35. The van der Waals surface area contributed by atoms with Crippen LogP contribution in [0.5, 0.6) is 5.75 Å². The molecule has 0 unspecified atom stereocenters. The van der Waals surface area contributed by atoms with Crippen LogP contribution in [0, 0.1) is 11.7 Å². The smallest absolute Gasteiger partial charge is 0.417 e. The Hall–Kier alpha value is -4.82. The number of aliphatic hydroxyl groups is 1. The van der Waals surface area contributed by atoms with Crippen molar-refractivity contribution in [2.45, 2.75) is 38.2 Å². The Labute approximate surface area is 308 Å². The highest BCUT2D eigenvalue weighted by Crippen LogP contribution is 2.39. The lowest BCUT2D eigenvalue weighted by Crippen LogP contribution is -2.23. The zero-order chi connectivity index (χ0) is 37.9. The summed E-state index contributed by atoms with van der Waals surface area (Å²) in [6, 6.07) is 14.8. The quantitative estimate of drug-likeness (QED) is 0.107. The third-order valence-corrected chi connectivity index (χ3v) is 9.90. The SMILES string of the molecule is COc1cc(/C=C/c2cccc(-c3cccc(NC(=O)c4ccc(CN5CC[C@@H](O)C5)cn4)c3Cl)c2F)c(C(F)(F)F)cc1CN1CC[C@@H](C(=O)O)C1. The van der Waals surface area contributed by atoms with Crippen molar-refractivity contribution in [2.24, 2.45) is 5.92 Å². The number of β-amino-alcohol motifs (C(OH)–C–C–N with tert-alkyl or cyclic N) is 1. The number of carboxylic acids is 1. The normalized spacial score (nSPS) is 18.2. The van der Waals surface area contributed by atoms with Crippen molar-refractivity contribution >= 4 is 41.3 Å². The highest BCUT2D eigenvalue weighted by atomic mass is 35.5. The molecular formula is C39H37ClF4N4O5. The van der Waals surface area contributed by atoms with E-state index in [4.69, 9.17) is 16.3 Å². The molecule has 3 N–H and O–H groups in total. The first-order chi connectivity index (χ1) is 25.3. The Bertz CT molecular complexity index is 2020. The molecule has 0 radical (unpaired) electrons. The predicted octanol–water partition coefficient (Wildman–Crippen LogP) is 7.46. The van der Waals surface area contributed by atoms with E-state index in [0.717, 1.165) is 18.2 Å². The highest BCUT2D eigenvalue weighted by molar-refractivity contribution is 6.36. The molecule has 0 bridgehead atoms. The number of rotatable bonds is 11. The maximum atomic E-state index is 16.0. The number of aliphatic carboxylic acids is 1. The first kappa shape index (κ1) is 37.9. The molecule has 1 amide bonds. The third-order valence-electron chi connectivity index (χ3n) is 9.49. The molecule has 2 aliphatic rings. The van der Waals surface area contributed by atoms with E-state index in [1.807, 2.05) is 0 Å². The lowest BCUT2D eigenvalue weighted by Gasteiger charge is -2.20. The molecule has 2 saturated heterocycles. The lowest BCUT2D eigenvalue weighted by atomic mass is 9.98. The van der Waals surface area contributed by atoms with E-state index in [2.05, 4.69) is 15.2 Å². The molecule has 3 aromatic carbocycles. The number of hydrogen-bond acceptors (Lipinski definition) is 7. The number of carbonyl (C=O) groups is 2. The number of carbonyl (C=O) groups excluding carboxylic acids is 1. The summed E-state index contributed by atoms with van der Waals surface area (Å²) < 4.78 is 64.4. The fraction of sp³-hybridized carbons (Fsp3) is 0.308. The van der Waals surface area contributed by atoms with E-state index < -0.39 is 35.4 Å². The van der Waals surface area contributed by atoms with Crippen molar-refractivity contribution in [3.05, 3.63) is 111 Å². The average Bonchev–Trinajstić information content (AvgIpc) is 3.77. The average molecular weight is 753 g/mol. The summed E-state index contributed by atoms with van der Waals surface area (Å²) in [4.78, 5) is 32.6. The minimum Gasteiger partial charge on any atom is -0.496 e. The number of amides is 1. The van der Waals surface area contributed by atoms with Gasteiger partial charge in [0.05, 0.1) is 35.4 Å². The molecule has 4 aromatic rings. The fourth-order valence-corrected chi connectivity index (χ4v) is 6.99. The topological polar surface area (TPSA) is 115 Å². The third kappa shape index (κ3) is 8.87. The molecule has 9 nitrogen and oxygen atoms in total. The van der Waals surface area contributed by atoms with Crippen LogP contribution in [0.1, 0.15) is 51.1 Å². The fourth-order valence-electron chi connectivity index (χ4n) is 6.71. The van der Waals surface area contributed by atoms with Crippen LogP contribution in [-0.4, -0.2) is 76.3 Å². The molecular weight excluding hydrogens is 716 g/mol. The van der Waals surface area contributed by atoms with E-state index in [0.29, 0.717) is 32.5 Å². The number of carboxylic acid groups (broad SMARTS) is 1. The number of hydrogen-bond donors (Lipinski definition) is 3. The van der Waals surface area contributed by atoms with Gasteiger partial charge in [0.2, 0.25) is 0 Å². The lowest BCUT2D eigenvalue weighted by molar-refractivity contribution is -0.141. The molecule has 1 aromatic heterocycles. The Kier molecular flexibility index (Phi) is 11.5. The first-order valence-electron chi connectivity index (χ1n) is 17.0. The number of aromatic nitrogens is 1. The molecule has 0 aliphatic carbocycles. The van der Waals surface area contributed by atoms with Crippen LogP contribution in [-0.2, 0) is 24.1 Å². The van der Waals surface area contributed by atoms with Crippen LogP contribution >= 0.6 is 11.6 Å². The molecule has 14 heteroatoms. The Balaban J connectivity index is 1.21. The van der Waals surface area contributed by atoms with Gasteiger partial charge in [0.1, 0.15) is 17.3 Å². The maximum Gasteiger partial charge on any atom is 0.417 e. The number of aliphatic hydroxyl groups excluding tert-OH is 1. The Morgan fingerprint density at radius 1 is 0.981 bits per heavy atom. The van der Waals surface area contributed by atoms with Crippen LogP contribution in [0.4, 0.5) is 23.2 Å². The number of benzene rings is 3. The molecule has 2 aliphatic heterocycles. The van der Waals surface area contributed by atoms with Gasteiger partial charge >= 0.3 is 12.1 Å². The van der Waals surface area contributed by atoms with Crippen molar-refractivity contribution in [1.82, 2.24) is 14.8 Å². The van der Waals surface area contributed by atoms with Gasteiger partial charge in [-0.05, 0) is 54.8 Å². The van der Waals surface area contributed by atoms with Crippen molar-refractivity contribution < 1.29 is 42.1 Å². The van der Waals surface area contributed by atoms with Gasteiger partial charge < -0.3 is 20.3 Å². The minimum atomic E-state index is -4.75. The molecule has 3 heterocycles. The number of anilines is 1. The minimum absolute atomic E-state index is 0.00585. The molecule has 6 rings (SSSR count). The second-order valence-electron chi connectivity index (χ2n) is 13.2. The van der Waals surface area contributed by atoms with Gasteiger partial charge in [0, 0.05) is 61.2 Å². The van der Waals surface area contributed by atoms with Gasteiger partial charge in [-0.15, -0.1) is 0 Å². The van der Waals surface area contributed by atoms with Crippen LogP contribution in [0.15, 0.2) is 66.9 Å². The van der Waals surface area contributed by atoms with Gasteiger partial charge in [-0.25, -0.2) is 4.39 Å².